The summed E-state index contributed by atoms with van der Waals surface area (Å²) in [6.45, 7) is 4.55. The maximum absolute atomic E-state index is 11.0. The van der Waals surface area contributed by atoms with E-state index in [-0.39, 0.29) is 12.4 Å². The highest BCUT2D eigenvalue weighted by Gasteiger charge is 2.12. The maximum atomic E-state index is 11.0. The Balaban J connectivity index is 3.43. The first-order chi connectivity index (χ1) is 5.72. The van der Waals surface area contributed by atoms with Gasteiger partial charge in [0.25, 0.3) is 0 Å². The van der Waals surface area contributed by atoms with E-state index in [0.29, 0.717) is 13.0 Å². The number of hydrogen-bond acceptors (Lipinski definition) is 3. The quantitative estimate of drug-likeness (QED) is 0.589. The molecule has 1 N–H and O–H groups in total. The molecule has 1 atom stereocenters. The van der Waals surface area contributed by atoms with Crippen molar-refractivity contribution in [2.24, 2.45) is 0 Å². The van der Waals surface area contributed by atoms with E-state index in [2.05, 4.69) is 0 Å². The summed E-state index contributed by atoms with van der Waals surface area (Å²) in [4.78, 5) is 11.0. The van der Waals surface area contributed by atoms with Crippen molar-refractivity contribution in [2.75, 3.05) is 13.2 Å². The van der Waals surface area contributed by atoms with Gasteiger partial charge in [0.15, 0.2) is 5.78 Å². The zero-order valence-corrected chi connectivity index (χ0v) is 7.88. The minimum Gasteiger partial charge on any atom is -0.385 e. The molecule has 0 bridgehead atoms. The normalized spacial score (nSPS) is 12.9. The Kier molecular flexibility index (Phi) is 7.00. The number of carbonyl (C=O) groups excluding carboxylic acids is 1. The van der Waals surface area contributed by atoms with Crippen molar-refractivity contribution in [1.82, 2.24) is 0 Å². The first-order valence-corrected chi connectivity index (χ1v) is 4.50. The fraction of sp³-hybridized carbons (Fsp3) is 0.889. The average molecular weight is 174 g/mol. The Labute approximate surface area is 73.7 Å². The zero-order valence-electron chi connectivity index (χ0n) is 7.88. The predicted molar refractivity (Wildman–Crippen MR) is 47.0 cm³/mol. The van der Waals surface area contributed by atoms with Crippen LogP contribution >= 0.6 is 0 Å². The van der Waals surface area contributed by atoms with Crippen molar-refractivity contribution in [3.8, 4) is 0 Å². The molecule has 3 nitrogen and oxygen atoms in total. The van der Waals surface area contributed by atoms with Gasteiger partial charge in [-0.15, -0.1) is 0 Å². The van der Waals surface area contributed by atoms with Crippen LogP contribution in [0.5, 0.6) is 0 Å². The first-order valence-electron chi connectivity index (χ1n) is 4.50. The van der Waals surface area contributed by atoms with E-state index in [0.717, 1.165) is 12.8 Å². The van der Waals surface area contributed by atoms with Gasteiger partial charge in [0.1, 0.15) is 12.7 Å². The Morgan fingerprint density at radius 2 is 2.08 bits per heavy atom. The van der Waals surface area contributed by atoms with Crippen LogP contribution in [0.3, 0.4) is 0 Å². The maximum Gasteiger partial charge on any atom is 0.186 e. The van der Waals surface area contributed by atoms with Crippen molar-refractivity contribution < 1.29 is 14.6 Å². The molecule has 0 spiro atoms. The molecule has 0 aromatic carbocycles. The number of ether oxygens (including phenoxy) is 1. The molecule has 1 unspecified atom stereocenters. The van der Waals surface area contributed by atoms with Gasteiger partial charge in [0.05, 0.1) is 0 Å². The van der Waals surface area contributed by atoms with Crippen molar-refractivity contribution in [2.45, 2.75) is 39.2 Å². The highest BCUT2D eigenvalue weighted by Crippen LogP contribution is 1.97. The Morgan fingerprint density at radius 1 is 1.42 bits per heavy atom. The zero-order chi connectivity index (χ0) is 9.40. The fourth-order valence-corrected chi connectivity index (χ4v) is 0.848. The lowest BCUT2D eigenvalue weighted by Gasteiger charge is -2.07. The molecule has 0 radical (unpaired) electrons. The molecular weight excluding hydrogens is 156 g/mol. The number of aliphatic hydroxyl groups is 1. The molecule has 0 fully saturated rings. The van der Waals surface area contributed by atoms with E-state index in [9.17, 15) is 9.90 Å². The number of Topliss-reactive ketones (excluding diaryl/α,β-unsaturated/α-hetero) is 1. The van der Waals surface area contributed by atoms with Crippen LogP contribution in [-0.4, -0.2) is 30.2 Å². The minimum absolute atomic E-state index is 0.0506. The lowest BCUT2D eigenvalue weighted by Crippen LogP contribution is -2.24. The van der Waals surface area contributed by atoms with Crippen LogP contribution in [-0.2, 0) is 9.53 Å². The van der Waals surface area contributed by atoms with Crippen LogP contribution < -0.4 is 0 Å². The van der Waals surface area contributed by atoms with E-state index < -0.39 is 6.10 Å². The molecule has 0 aromatic heterocycles. The molecule has 0 aliphatic heterocycles. The average Bonchev–Trinajstić information content (AvgIpc) is 2.05. The Hall–Kier alpha value is -0.410. The van der Waals surface area contributed by atoms with Crippen LogP contribution in [0.2, 0.25) is 0 Å². The van der Waals surface area contributed by atoms with E-state index in [1.807, 2.05) is 13.8 Å². The summed E-state index contributed by atoms with van der Waals surface area (Å²) < 4.78 is 5.00. The highest BCUT2D eigenvalue weighted by molar-refractivity contribution is 5.83. The standard InChI is InChI=1S/C9H18O3/c1-3-5-8(10)9(11)7-12-6-4-2/h8,10H,3-7H2,1-2H3. The number of carbonyl (C=O) groups is 1. The smallest absolute Gasteiger partial charge is 0.186 e. The van der Waals surface area contributed by atoms with Gasteiger partial charge in [-0.25, -0.2) is 0 Å². The van der Waals surface area contributed by atoms with Crippen molar-refractivity contribution in [3.05, 3.63) is 0 Å². The van der Waals surface area contributed by atoms with E-state index in [1.165, 1.54) is 0 Å². The third-order valence-electron chi connectivity index (χ3n) is 1.53. The van der Waals surface area contributed by atoms with Crippen LogP contribution in [0.1, 0.15) is 33.1 Å². The highest BCUT2D eigenvalue weighted by atomic mass is 16.5. The molecule has 0 saturated heterocycles. The number of ketones is 1. The van der Waals surface area contributed by atoms with Gasteiger partial charge in [-0.2, -0.15) is 0 Å². The van der Waals surface area contributed by atoms with Gasteiger partial charge in [0.2, 0.25) is 0 Å². The number of aliphatic hydroxyl groups excluding tert-OH is 1. The second kappa shape index (κ2) is 7.25. The van der Waals surface area contributed by atoms with Crippen LogP contribution in [0.4, 0.5) is 0 Å². The van der Waals surface area contributed by atoms with Gasteiger partial charge in [-0.3, -0.25) is 4.79 Å². The number of hydrogen-bond donors (Lipinski definition) is 1. The van der Waals surface area contributed by atoms with Crippen molar-refractivity contribution >= 4 is 5.78 Å². The van der Waals surface area contributed by atoms with Gasteiger partial charge in [-0.05, 0) is 12.8 Å². The monoisotopic (exact) mass is 174 g/mol. The summed E-state index contributed by atoms with van der Waals surface area (Å²) in [5.41, 5.74) is 0. The minimum atomic E-state index is -0.827. The summed E-state index contributed by atoms with van der Waals surface area (Å²) in [7, 11) is 0. The van der Waals surface area contributed by atoms with Gasteiger partial charge >= 0.3 is 0 Å². The SMILES string of the molecule is CCCOCC(=O)C(O)CCC. The summed E-state index contributed by atoms with van der Waals surface area (Å²) >= 11 is 0. The predicted octanol–water partition coefficient (Wildman–Crippen LogP) is 1.14. The molecule has 0 heterocycles. The molecule has 0 aliphatic rings. The van der Waals surface area contributed by atoms with Gasteiger partial charge in [-0.1, -0.05) is 20.3 Å². The fourth-order valence-electron chi connectivity index (χ4n) is 0.848. The Bertz CT molecular complexity index is 123. The first kappa shape index (κ1) is 11.6. The Morgan fingerprint density at radius 3 is 2.58 bits per heavy atom. The van der Waals surface area contributed by atoms with Crippen molar-refractivity contribution in [3.63, 3.8) is 0 Å². The van der Waals surface area contributed by atoms with E-state index in [1.54, 1.807) is 0 Å². The van der Waals surface area contributed by atoms with Crippen LogP contribution in [0, 0.1) is 0 Å². The van der Waals surface area contributed by atoms with Crippen LogP contribution in [0.15, 0.2) is 0 Å². The summed E-state index contributed by atoms with van der Waals surface area (Å²) in [6, 6.07) is 0. The summed E-state index contributed by atoms with van der Waals surface area (Å²) in [5, 5.41) is 9.19. The molecular formula is C9H18O3. The molecule has 0 saturated carbocycles. The largest absolute Gasteiger partial charge is 0.385 e. The topological polar surface area (TPSA) is 46.5 Å². The lowest BCUT2D eigenvalue weighted by molar-refractivity contribution is -0.132. The molecule has 0 aromatic rings. The lowest BCUT2D eigenvalue weighted by atomic mass is 10.1. The second-order valence-corrected chi connectivity index (χ2v) is 2.82. The number of rotatable bonds is 7. The summed E-state index contributed by atoms with van der Waals surface area (Å²) in [5.74, 6) is -0.203. The molecule has 3 heteroatoms. The van der Waals surface area contributed by atoms with Crippen molar-refractivity contribution in [1.29, 1.82) is 0 Å². The van der Waals surface area contributed by atoms with E-state index >= 15 is 0 Å². The second-order valence-electron chi connectivity index (χ2n) is 2.82. The molecule has 0 rings (SSSR count). The molecule has 72 valence electrons. The van der Waals surface area contributed by atoms with Gasteiger partial charge in [0, 0.05) is 6.61 Å². The molecule has 0 aliphatic carbocycles. The third-order valence-corrected chi connectivity index (χ3v) is 1.53. The molecule has 0 amide bonds. The third kappa shape index (κ3) is 5.27. The van der Waals surface area contributed by atoms with Crippen LogP contribution in [0.25, 0.3) is 0 Å². The molecule has 12 heavy (non-hydrogen) atoms. The van der Waals surface area contributed by atoms with Gasteiger partial charge < -0.3 is 9.84 Å². The van der Waals surface area contributed by atoms with E-state index in [4.69, 9.17) is 4.74 Å². The summed E-state index contributed by atoms with van der Waals surface area (Å²) in [6.07, 6.45) is 1.43.